The zero-order valence-corrected chi connectivity index (χ0v) is 20.4. The summed E-state index contributed by atoms with van der Waals surface area (Å²) in [6.07, 6.45) is 0.580. The number of hydrogen-bond donors (Lipinski definition) is 1. The second-order valence-corrected chi connectivity index (χ2v) is 8.24. The number of carbonyl (C=O) groups excluding carboxylic acids is 1. The van der Waals surface area contributed by atoms with Gasteiger partial charge in [0.2, 0.25) is 0 Å². The molecule has 4 rings (SSSR count). The Morgan fingerprint density at radius 3 is 2.33 bits per heavy atom. The van der Waals surface area contributed by atoms with E-state index in [1.54, 1.807) is 56.7 Å². The molecule has 0 aliphatic rings. The smallest absolute Gasteiger partial charge is 0.270 e. The summed E-state index contributed by atoms with van der Waals surface area (Å²) in [4.78, 5) is 23.7. The predicted octanol–water partition coefficient (Wildman–Crippen LogP) is 5.09. The number of halogens is 1. The maximum atomic E-state index is 13.2. The van der Waals surface area contributed by atoms with Gasteiger partial charge in [0.15, 0.2) is 11.5 Å². The Balaban J connectivity index is 1.57. The van der Waals surface area contributed by atoms with Crippen molar-refractivity contribution in [2.24, 2.45) is 0 Å². The van der Waals surface area contributed by atoms with Gasteiger partial charge in [-0.25, -0.2) is 4.68 Å². The summed E-state index contributed by atoms with van der Waals surface area (Å²) < 4.78 is 12.1. The average Bonchev–Trinajstić information content (AvgIpc) is 3.34. The zero-order chi connectivity index (χ0) is 25.7. The summed E-state index contributed by atoms with van der Waals surface area (Å²) in [6, 6.07) is 20.2. The first-order valence-corrected chi connectivity index (χ1v) is 11.4. The molecule has 0 spiro atoms. The van der Waals surface area contributed by atoms with Crippen LogP contribution >= 0.6 is 11.6 Å². The van der Waals surface area contributed by atoms with Crippen LogP contribution in [0.3, 0.4) is 0 Å². The molecule has 0 bridgehead atoms. The highest BCUT2D eigenvalue weighted by atomic mass is 35.5. The number of nitrogens with one attached hydrogen (secondary N) is 1. The molecule has 0 radical (unpaired) electrons. The lowest BCUT2D eigenvalue weighted by atomic mass is 10.1. The fourth-order valence-corrected chi connectivity index (χ4v) is 3.79. The van der Waals surface area contributed by atoms with Gasteiger partial charge in [0.1, 0.15) is 5.69 Å². The first-order chi connectivity index (χ1) is 17.4. The number of carbonyl (C=O) groups is 1. The molecule has 1 aromatic heterocycles. The molecule has 0 aliphatic carbocycles. The van der Waals surface area contributed by atoms with E-state index in [1.165, 1.54) is 16.8 Å². The Hall–Kier alpha value is -4.37. The molecule has 0 saturated heterocycles. The fraction of sp³-hybridized carbons (Fsp3) is 0.154. The number of nitro groups is 1. The molecule has 0 aliphatic heterocycles. The molecule has 1 heterocycles. The van der Waals surface area contributed by atoms with Crippen molar-refractivity contribution in [2.75, 3.05) is 20.8 Å². The van der Waals surface area contributed by atoms with Gasteiger partial charge in [0, 0.05) is 29.3 Å². The van der Waals surface area contributed by atoms with Gasteiger partial charge >= 0.3 is 0 Å². The van der Waals surface area contributed by atoms with Gasteiger partial charge in [-0.2, -0.15) is 5.10 Å². The van der Waals surface area contributed by atoms with Crippen LogP contribution in [0.15, 0.2) is 72.8 Å². The van der Waals surface area contributed by atoms with Crippen LogP contribution in [0.4, 0.5) is 5.69 Å². The molecule has 184 valence electrons. The van der Waals surface area contributed by atoms with Crippen LogP contribution in [0, 0.1) is 10.1 Å². The molecule has 1 amide bonds. The first-order valence-electron chi connectivity index (χ1n) is 11.0. The van der Waals surface area contributed by atoms with Gasteiger partial charge in [0.05, 0.1) is 30.5 Å². The lowest BCUT2D eigenvalue weighted by Crippen LogP contribution is -2.27. The molecule has 0 atom stereocenters. The van der Waals surface area contributed by atoms with Crippen LogP contribution in [0.1, 0.15) is 16.1 Å². The Labute approximate surface area is 212 Å². The van der Waals surface area contributed by atoms with Crippen molar-refractivity contribution < 1.29 is 19.2 Å². The minimum Gasteiger partial charge on any atom is -0.493 e. The third kappa shape index (κ3) is 5.47. The normalized spacial score (nSPS) is 10.6. The second-order valence-electron chi connectivity index (χ2n) is 7.80. The van der Waals surface area contributed by atoms with Crippen LogP contribution in [0.25, 0.3) is 16.9 Å². The van der Waals surface area contributed by atoms with Gasteiger partial charge < -0.3 is 14.8 Å². The van der Waals surface area contributed by atoms with Crippen molar-refractivity contribution in [1.82, 2.24) is 15.1 Å². The van der Waals surface area contributed by atoms with Gasteiger partial charge in [0.25, 0.3) is 11.6 Å². The Morgan fingerprint density at radius 1 is 1.00 bits per heavy atom. The van der Waals surface area contributed by atoms with E-state index in [2.05, 4.69) is 10.4 Å². The monoisotopic (exact) mass is 506 g/mol. The number of methoxy groups -OCH3 is 2. The summed E-state index contributed by atoms with van der Waals surface area (Å²) in [6.45, 7) is 0.382. The van der Waals surface area contributed by atoms with Crippen molar-refractivity contribution in [3.8, 4) is 28.4 Å². The van der Waals surface area contributed by atoms with Crippen molar-refractivity contribution in [1.29, 1.82) is 0 Å². The fourth-order valence-electron chi connectivity index (χ4n) is 3.66. The Morgan fingerprint density at radius 2 is 1.69 bits per heavy atom. The van der Waals surface area contributed by atoms with E-state index in [0.29, 0.717) is 52.1 Å². The van der Waals surface area contributed by atoms with Crippen molar-refractivity contribution in [2.45, 2.75) is 6.42 Å². The lowest BCUT2D eigenvalue weighted by molar-refractivity contribution is -0.384. The number of non-ortho nitro benzene ring substituents is 1. The highest BCUT2D eigenvalue weighted by molar-refractivity contribution is 6.30. The van der Waals surface area contributed by atoms with Crippen LogP contribution in [-0.2, 0) is 6.42 Å². The third-order valence-corrected chi connectivity index (χ3v) is 5.79. The van der Waals surface area contributed by atoms with Crippen molar-refractivity contribution in [3.63, 3.8) is 0 Å². The number of amides is 1. The average molecular weight is 507 g/mol. The largest absolute Gasteiger partial charge is 0.493 e. The zero-order valence-electron chi connectivity index (χ0n) is 19.6. The lowest BCUT2D eigenvalue weighted by Gasteiger charge is -2.11. The van der Waals surface area contributed by atoms with Gasteiger partial charge in [-0.1, -0.05) is 17.7 Å². The molecular formula is C26H23ClN4O5. The molecule has 10 heteroatoms. The molecule has 4 aromatic rings. The first kappa shape index (κ1) is 24.7. The topological polar surface area (TPSA) is 109 Å². The van der Waals surface area contributed by atoms with Crippen LogP contribution < -0.4 is 14.8 Å². The summed E-state index contributed by atoms with van der Waals surface area (Å²) in [5.41, 5.74) is 3.07. The quantitative estimate of drug-likeness (QED) is 0.250. The third-order valence-electron chi connectivity index (χ3n) is 5.53. The van der Waals surface area contributed by atoms with E-state index in [-0.39, 0.29) is 11.6 Å². The molecule has 0 saturated carbocycles. The van der Waals surface area contributed by atoms with E-state index in [4.69, 9.17) is 21.1 Å². The number of rotatable bonds is 9. The molecular weight excluding hydrogens is 484 g/mol. The van der Waals surface area contributed by atoms with Crippen molar-refractivity contribution in [3.05, 3.63) is 99.2 Å². The number of ether oxygens (including phenoxy) is 2. The Bertz CT molecular complexity index is 1380. The van der Waals surface area contributed by atoms with Crippen LogP contribution in [0.2, 0.25) is 5.02 Å². The molecule has 9 nitrogen and oxygen atoms in total. The predicted molar refractivity (Wildman–Crippen MR) is 136 cm³/mol. The van der Waals surface area contributed by atoms with Crippen LogP contribution in [-0.4, -0.2) is 41.4 Å². The summed E-state index contributed by atoms with van der Waals surface area (Å²) in [5.74, 6) is 0.942. The summed E-state index contributed by atoms with van der Waals surface area (Å²) in [7, 11) is 3.15. The van der Waals surface area contributed by atoms with Gasteiger partial charge in [-0.15, -0.1) is 0 Å². The minimum atomic E-state index is -0.465. The summed E-state index contributed by atoms with van der Waals surface area (Å²) in [5, 5.41) is 19.1. The van der Waals surface area contributed by atoms with E-state index in [9.17, 15) is 14.9 Å². The number of nitrogens with zero attached hydrogens (tertiary/aromatic N) is 3. The number of nitro benzene ring substituents is 1. The standard InChI is InChI=1S/C26H23ClN4O5/c1-35-24-12-3-17(15-25(24)36-2)13-14-28-26(32)23-16-22(18-4-8-21(9-5-18)31(33)34)29-30(23)20-10-6-19(27)7-11-20/h3-12,15-16H,13-14H2,1-2H3,(H,28,32). The SMILES string of the molecule is COc1ccc(CCNC(=O)c2cc(-c3ccc([N+](=O)[O-])cc3)nn2-c2ccc(Cl)cc2)cc1OC. The van der Waals surface area contributed by atoms with E-state index in [0.717, 1.165) is 5.56 Å². The van der Waals surface area contributed by atoms with Crippen molar-refractivity contribution >= 4 is 23.2 Å². The molecule has 0 fully saturated rings. The van der Waals surface area contributed by atoms with Crippen LogP contribution in [0.5, 0.6) is 11.5 Å². The minimum absolute atomic E-state index is 0.0241. The molecule has 3 aromatic carbocycles. The van der Waals surface area contributed by atoms with Gasteiger partial charge in [-0.3, -0.25) is 14.9 Å². The van der Waals surface area contributed by atoms with E-state index in [1.807, 2.05) is 18.2 Å². The maximum Gasteiger partial charge on any atom is 0.270 e. The number of hydrogen-bond acceptors (Lipinski definition) is 6. The molecule has 0 unspecified atom stereocenters. The van der Waals surface area contributed by atoms with Gasteiger partial charge in [-0.05, 0) is 66.6 Å². The second kappa shape index (κ2) is 10.9. The highest BCUT2D eigenvalue weighted by Gasteiger charge is 2.18. The Kier molecular flexibility index (Phi) is 7.50. The summed E-state index contributed by atoms with van der Waals surface area (Å²) >= 11 is 6.03. The molecule has 1 N–H and O–H groups in total. The number of benzene rings is 3. The number of aromatic nitrogens is 2. The highest BCUT2D eigenvalue weighted by Crippen LogP contribution is 2.28. The maximum absolute atomic E-state index is 13.2. The molecule has 36 heavy (non-hydrogen) atoms. The van der Waals surface area contributed by atoms with E-state index >= 15 is 0 Å². The van der Waals surface area contributed by atoms with E-state index < -0.39 is 4.92 Å².